The Morgan fingerprint density at radius 3 is 2.54 bits per heavy atom. The Balaban J connectivity index is 3.23. The van der Waals surface area contributed by atoms with E-state index in [-0.39, 0.29) is 0 Å². The molecular weight excluding hydrogens is 326 g/mol. The van der Waals surface area contributed by atoms with Gasteiger partial charge in [-0.1, -0.05) is 23.2 Å². The monoisotopic (exact) mass is 330 g/mol. The number of ether oxygens (including phenoxy) is 1. The van der Waals surface area contributed by atoms with Gasteiger partial charge >= 0.3 is 5.97 Å². The molecule has 0 aliphatic carbocycles. The Morgan fingerprint density at radius 1 is 1.38 bits per heavy atom. The molecular formula is C8H5Cl2IO2. The third-order valence-electron chi connectivity index (χ3n) is 1.42. The molecule has 0 unspecified atom stereocenters. The highest BCUT2D eigenvalue weighted by molar-refractivity contribution is 14.1. The molecule has 0 N–H and O–H groups in total. The van der Waals surface area contributed by atoms with Crippen LogP contribution < -0.4 is 0 Å². The van der Waals surface area contributed by atoms with Crippen molar-refractivity contribution in [3.05, 3.63) is 31.3 Å². The summed E-state index contributed by atoms with van der Waals surface area (Å²) in [4.78, 5) is 11.1. The molecule has 1 rings (SSSR count). The number of hydrogen-bond acceptors (Lipinski definition) is 2. The number of esters is 1. The first kappa shape index (κ1) is 11.1. The second-order valence-corrected chi connectivity index (χ2v) is 4.21. The van der Waals surface area contributed by atoms with Crippen LogP contribution in [-0.2, 0) is 4.74 Å². The Labute approximate surface area is 99.3 Å². The molecule has 0 aliphatic heterocycles. The Kier molecular flexibility index (Phi) is 3.82. The van der Waals surface area contributed by atoms with Crippen molar-refractivity contribution in [3.63, 3.8) is 0 Å². The molecule has 0 atom stereocenters. The van der Waals surface area contributed by atoms with Crippen LogP contribution in [0.3, 0.4) is 0 Å². The van der Waals surface area contributed by atoms with Crippen LogP contribution >= 0.6 is 45.8 Å². The summed E-state index contributed by atoms with van der Waals surface area (Å²) >= 11 is 13.6. The fourth-order valence-electron chi connectivity index (χ4n) is 0.789. The number of benzene rings is 1. The topological polar surface area (TPSA) is 26.3 Å². The maximum atomic E-state index is 11.1. The van der Waals surface area contributed by atoms with Crippen molar-refractivity contribution in [1.29, 1.82) is 0 Å². The van der Waals surface area contributed by atoms with Crippen molar-refractivity contribution in [2.75, 3.05) is 7.11 Å². The van der Waals surface area contributed by atoms with Gasteiger partial charge in [0.25, 0.3) is 0 Å². The third-order valence-corrected chi connectivity index (χ3v) is 3.25. The van der Waals surface area contributed by atoms with E-state index in [1.54, 1.807) is 6.07 Å². The molecule has 1 aromatic carbocycles. The van der Waals surface area contributed by atoms with E-state index in [2.05, 4.69) is 4.74 Å². The molecule has 0 radical (unpaired) electrons. The zero-order valence-electron chi connectivity index (χ0n) is 6.61. The molecule has 1 aromatic rings. The highest BCUT2D eigenvalue weighted by atomic mass is 127. The molecule has 0 fully saturated rings. The molecule has 2 nitrogen and oxygen atoms in total. The third kappa shape index (κ3) is 2.48. The average molecular weight is 331 g/mol. The number of methoxy groups -OCH3 is 1. The van der Waals surface area contributed by atoms with Gasteiger partial charge < -0.3 is 4.74 Å². The quantitative estimate of drug-likeness (QED) is 0.448. The summed E-state index contributed by atoms with van der Waals surface area (Å²) in [7, 11) is 1.31. The van der Waals surface area contributed by atoms with Gasteiger partial charge in [-0.3, -0.25) is 0 Å². The van der Waals surface area contributed by atoms with E-state index < -0.39 is 5.97 Å². The predicted octanol–water partition coefficient (Wildman–Crippen LogP) is 3.38. The summed E-state index contributed by atoms with van der Waals surface area (Å²) in [6.45, 7) is 0. The first-order valence-electron chi connectivity index (χ1n) is 3.29. The second kappa shape index (κ2) is 4.48. The number of hydrogen-bond donors (Lipinski definition) is 0. The summed E-state index contributed by atoms with van der Waals surface area (Å²) in [6.07, 6.45) is 0. The molecule has 0 aliphatic rings. The van der Waals surface area contributed by atoms with Crippen LogP contribution in [0.2, 0.25) is 10.0 Å². The highest BCUT2D eigenvalue weighted by Crippen LogP contribution is 2.26. The minimum atomic E-state index is -0.459. The maximum Gasteiger partial charge on any atom is 0.339 e. The molecule has 5 heteroatoms. The van der Waals surface area contributed by atoms with Crippen LogP contribution in [0.5, 0.6) is 0 Å². The summed E-state index contributed by atoms with van der Waals surface area (Å²) < 4.78 is 5.31. The van der Waals surface area contributed by atoms with E-state index in [4.69, 9.17) is 23.2 Å². The maximum absolute atomic E-state index is 11.1. The van der Waals surface area contributed by atoms with Crippen LogP contribution in [0.25, 0.3) is 0 Å². The summed E-state index contributed by atoms with van der Waals surface area (Å²) in [5.41, 5.74) is 0.331. The molecule has 0 bridgehead atoms. The first-order chi connectivity index (χ1) is 6.06. The Morgan fingerprint density at radius 2 is 2.00 bits per heavy atom. The van der Waals surface area contributed by atoms with E-state index in [0.29, 0.717) is 15.6 Å². The van der Waals surface area contributed by atoms with E-state index in [9.17, 15) is 4.79 Å². The molecule has 0 heterocycles. The van der Waals surface area contributed by atoms with E-state index in [1.807, 2.05) is 22.6 Å². The van der Waals surface area contributed by atoms with Crippen molar-refractivity contribution < 1.29 is 9.53 Å². The predicted molar refractivity (Wildman–Crippen MR) is 60.5 cm³/mol. The van der Waals surface area contributed by atoms with Gasteiger partial charge in [0, 0.05) is 3.57 Å². The van der Waals surface area contributed by atoms with E-state index in [1.165, 1.54) is 13.2 Å². The van der Waals surface area contributed by atoms with Crippen molar-refractivity contribution in [2.45, 2.75) is 0 Å². The summed E-state index contributed by atoms with van der Waals surface area (Å²) in [6, 6.07) is 3.12. The number of carbonyl (C=O) groups excluding carboxylic acids is 1. The molecule has 0 amide bonds. The normalized spacial score (nSPS) is 9.85. The Hall–Kier alpha value is -0.000000000000000111. The van der Waals surface area contributed by atoms with Crippen molar-refractivity contribution in [1.82, 2.24) is 0 Å². The second-order valence-electron chi connectivity index (χ2n) is 2.24. The fourth-order valence-corrected chi connectivity index (χ4v) is 1.72. The first-order valence-corrected chi connectivity index (χ1v) is 5.12. The van der Waals surface area contributed by atoms with Crippen LogP contribution in [-0.4, -0.2) is 13.1 Å². The minimum absolute atomic E-state index is 0.303. The van der Waals surface area contributed by atoms with Crippen LogP contribution in [0, 0.1) is 3.57 Å². The van der Waals surface area contributed by atoms with Crippen molar-refractivity contribution in [2.24, 2.45) is 0 Å². The van der Waals surface area contributed by atoms with Crippen LogP contribution in [0.15, 0.2) is 12.1 Å². The smallest absolute Gasteiger partial charge is 0.339 e. The van der Waals surface area contributed by atoms with E-state index >= 15 is 0 Å². The SMILES string of the molecule is COC(=O)c1cc(I)c(Cl)cc1Cl. The van der Waals surface area contributed by atoms with Crippen LogP contribution in [0.1, 0.15) is 10.4 Å². The zero-order valence-corrected chi connectivity index (χ0v) is 10.3. The van der Waals surface area contributed by atoms with Gasteiger partial charge in [-0.2, -0.15) is 0 Å². The largest absolute Gasteiger partial charge is 0.465 e. The average Bonchev–Trinajstić information content (AvgIpc) is 2.10. The molecule has 0 aromatic heterocycles. The van der Waals surface area contributed by atoms with E-state index in [0.717, 1.165) is 3.57 Å². The fraction of sp³-hybridized carbons (Fsp3) is 0.125. The lowest BCUT2D eigenvalue weighted by Gasteiger charge is -2.03. The van der Waals surface area contributed by atoms with Gasteiger partial charge in [-0.05, 0) is 34.7 Å². The number of rotatable bonds is 1. The standard InChI is InChI=1S/C8H5Cl2IO2/c1-13-8(12)4-2-7(11)6(10)3-5(4)9/h2-3H,1H3. The molecule has 0 saturated carbocycles. The van der Waals surface area contributed by atoms with Gasteiger partial charge in [0.15, 0.2) is 0 Å². The van der Waals surface area contributed by atoms with Gasteiger partial charge in [-0.25, -0.2) is 4.79 Å². The van der Waals surface area contributed by atoms with Gasteiger partial charge in [0.2, 0.25) is 0 Å². The van der Waals surface area contributed by atoms with Gasteiger partial charge in [0.05, 0.1) is 22.7 Å². The van der Waals surface area contributed by atoms with Crippen LogP contribution in [0.4, 0.5) is 0 Å². The molecule has 13 heavy (non-hydrogen) atoms. The summed E-state index contributed by atoms with van der Waals surface area (Å²) in [5, 5.41) is 0.829. The minimum Gasteiger partial charge on any atom is -0.465 e. The van der Waals surface area contributed by atoms with Crippen molar-refractivity contribution >= 4 is 51.8 Å². The lowest BCUT2D eigenvalue weighted by atomic mass is 10.2. The number of halogens is 3. The zero-order chi connectivity index (χ0) is 10.0. The molecule has 0 spiro atoms. The van der Waals surface area contributed by atoms with Gasteiger partial charge in [-0.15, -0.1) is 0 Å². The highest BCUT2D eigenvalue weighted by Gasteiger charge is 2.12. The lowest BCUT2D eigenvalue weighted by Crippen LogP contribution is -2.02. The molecule has 0 saturated heterocycles. The summed E-state index contributed by atoms with van der Waals surface area (Å²) in [5.74, 6) is -0.459. The lowest BCUT2D eigenvalue weighted by molar-refractivity contribution is 0.0601. The Bertz CT molecular complexity index is 352. The number of carbonyl (C=O) groups is 1. The van der Waals surface area contributed by atoms with Gasteiger partial charge in [0.1, 0.15) is 0 Å². The molecule has 70 valence electrons. The van der Waals surface area contributed by atoms with Crippen molar-refractivity contribution in [3.8, 4) is 0 Å².